The molecule has 0 aromatic carbocycles. The number of aliphatic hydroxyl groups is 1. The van der Waals surface area contributed by atoms with Gasteiger partial charge in [-0.15, -0.1) is 12.2 Å². The van der Waals surface area contributed by atoms with Gasteiger partial charge in [-0.1, -0.05) is 0 Å². The number of halogens is 1. The number of hydrogen-bond acceptors (Lipinski definition) is 5. The van der Waals surface area contributed by atoms with Crippen molar-refractivity contribution in [1.29, 1.82) is 0 Å². The second-order valence-corrected chi connectivity index (χ2v) is 16.8. The van der Waals surface area contributed by atoms with Crippen LogP contribution in [-0.2, 0) is 25.8 Å². The van der Waals surface area contributed by atoms with Crippen molar-refractivity contribution in [3.63, 3.8) is 0 Å². The largest absolute Gasteiger partial charge is 0.388 e. The summed E-state index contributed by atoms with van der Waals surface area (Å²) in [6.45, 7) is 0.381. The highest BCUT2D eigenvalue weighted by molar-refractivity contribution is 14.2. The van der Waals surface area contributed by atoms with Crippen LogP contribution in [0.2, 0.25) is 0 Å². The minimum absolute atomic E-state index is 0.263. The van der Waals surface area contributed by atoms with Gasteiger partial charge in [0.15, 0.2) is 3.11 Å². The SMILES string of the molecule is B[C@@H]1O[C@H](COC)C(OP(=S)(S)I)C1O. The Kier molecular flexibility index (Phi) is 5.87. The zero-order valence-electron chi connectivity index (χ0n) is 8.37. The van der Waals surface area contributed by atoms with Crippen molar-refractivity contribution in [3.8, 4) is 0 Å². The molecule has 0 aromatic rings. The van der Waals surface area contributed by atoms with Gasteiger partial charge in [0.05, 0.1) is 12.6 Å². The first-order valence-corrected chi connectivity index (χ1v) is 11.0. The van der Waals surface area contributed by atoms with Crippen LogP contribution < -0.4 is 0 Å². The molecule has 1 heterocycles. The molecule has 0 bridgehead atoms. The van der Waals surface area contributed by atoms with Gasteiger partial charge in [0, 0.05) is 29.2 Å². The van der Waals surface area contributed by atoms with Gasteiger partial charge in [-0.3, -0.25) is 0 Å². The van der Waals surface area contributed by atoms with E-state index < -0.39 is 15.3 Å². The third-order valence-corrected chi connectivity index (χ3v) is 3.88. The molecular weight excluding hydrogens is 369 g/mol. The van der Waals surface area contributed by atoms with Gasteiger partial charge in [0.1, 0.15) is 26.2 Å². The van der Waals surface area contributed by atoms with E-state index in [1.165, 1.54) is 0 Å². The molecule has 0 radical (unpaired) electrons. The molecule has 0 aliphatic carbocycles. The molecule has 1 aliphatic heterocycles. The predicted molar refractivity (Wildman–Crippen MR) is 77.3 cm³/mol. The normalized spacial score (nSPS) is 40.3. The van der Waals surface area contributed by atoms with Gasteiger partial charge < -0.3 is 19.1 Å². The minimum atomic E-state index is -2.14. The summed E-state index contributed by atoms with van der Waals surface area (Å²) in [6.07, 6.45) is -1.39. The zero-order chi connectivity index (χ0) is 11.6. The number of methoxy groups -OCH3 is 1. The molecule has 1 saturated heterocycles. The maximum Gasteiger partial charge on any atom is 0.175 e. The van der Waals surface area contributed by atoms with Crippen LogP contribution in [0.25, 0.3) is 0 Å². The van der Waals surface area contributed by atoms with Crippen molar-refractivity contribution in [3.05, 3.63) is 0 Å². The van der Waals surface area contributed by atoms with Gasteiger partial charge in [-0.2, -0.15) is 0 Å². The van der Waals surface area contributed by atoms with E-state index in [-0.39, 0.29) is 12.1 Å². The highest BCUT2D eigenvalue weighted by Crippen LogP contribution is 2.62. The van der Waals surface area contributed by atoms with Crippen molar-refractivity contribution in [1.82, 2.24) is 0 Å². The summed E-state index contributed by atoms with van der Waals surface area (Å²) in [6, 6.07) is -0.263. The molecule has 0 saturated carbocycles. The van der Waals surface area contributed by atoms with Gasteiger partial charge in [-0.05, 0) is 11.8 Å². The molecule has 15 heavy (non-hydrogen) atoms. The lowest BCUT2D eigenvalue weighted by molar-refractivity contribution is -0.00758. The van der Waals surface area contributed by atoms with Crippen LogP contribution in [0.1, 0.15) is 0 Å². The molecule has 1 aliphatic rings. The third-order valence-electron chi connectivity index (χ3n) is 2.16. The Hall–Kier alpha value is 1.63. The van der Waals surface area contributed by atoms with Crippen molar-refractivity contribution in [2.45, 2.75) is 24.3 Å². The van der Waals surface area contributed by atoms with E-state index in [0.717, 1.165) is 0 Å². The number of aliphatic hydroxyl groups excluding tert-OH is 1. The lowest BCUT2D eigenvalue weighted by Gasteiger charge is -2.22. The van der Waals surface area contributed by atoms with E-state index in [1.807, 2.05) is 22.0 Å². The second kappa shape index (κ2) is 5.99. The highest BCUT2D eigenvalue weighted by Gasteiger charge is 2.43. The number of hydrogen-bond donors (Lipinski definition) is 2. The van der Waals surface area contributed by atoms with Crippen LogP contribution in [0.15, 0.2) is 0 Å². The molecular formula is C6H13BIO4PS2. The van der Waals surface area contributed by atoms with Crippen molar-refractivity contribution >= 4 is 57.1 Å². The molecule has 88 valence electrons. The van der Waals surface area contributed by atoms with Gasteiger partial charge >= 0.3 is 0 Å². The molecule has 5 atom stereocenters. The van der Waals surface area contributed by atoms with Crippen molar-refractivity contribution in [2.75, 3.05) is 13.7 Å². The minimum Gasteiger partial charge on any atom is -0.388 e. The summed E-state index contributed by atoms with van der Waals surface area (Å²) < 4.78 is 13.9. The zero-order valence-corrected chi connectivity index (χ0v) is 13.1. The van der Waals surface area contributed by atoms with E-state index >= 15 is 0 Å². The quantitative estimate of drug-likeness (QED) is 0.318. The molecule has 1 fully saturated rings. The van der Waals surface area contributed by atoms with Gasteiger partial charge in [0.2, 0.25) is 0 Å². The van der Waals surface area contributed by atoms with E-state index in [2.05, 4.69) is 12.2 Å². The molecule has 1 N–H and O–H groups in total. The van der Waals surface area contributed by atoms with Crippen LogP contribution in [0.4, 0.5) is 0 Å². The lowest BCUT2D eigenvalue weighted by Crippen LogP contribution is -2.35. The fourth-order valence-corrected chi connectivity index (χ4v) is 3.47. The summed E-state index contributed by atoms with van der Waals surface area (Å²) in [5.74, 6) is 0. The van der Waals surface area contributed by atoms with Gasteiger partial charge in [-0.25, -0.2) is 0 Å². The Bertz CT molecular complexity index is 266. The Morgan fingerprint density at radius 3 is 2.80 bits per heavy atom. The van der Waals surface area contributed by atoms with Gasteiger partial charge in [0.25, 0.3) is 0 Å². The Labute approximate surface area is 114 Å². The summed E-state index contributed by atoms with van der Waals surface area (Å²) in [5.41, 5.74) is 0. The number of thiol groups is 1. The summed E-state index contributed by atoms with van der Waals surface area (Å²) >= 11 is 11.3. The molecule has 1 rings (SSSR count). The molecule has 4 nitrogen and oxygen atoms in total. The smallest absolute Gasteiger partial charge is 0.175 e. The summed E-state index contributed by atoms with van der Waals surface area (Å²) in [5, 5.41) is 9.85. The maximum absolute atomic E-state index is 9.85. The standard InChI is InChI=1S/C6H13BIO4PS2/c1-10-2-3-5(12-13(8,14)15)4(9)6(7)11-3/h3-6,9H,2,7H2,1H3,(H,14,15)/t3-,4?,5?,6-/m1/s1. The molecule has 9 heteroatoms. The Balaban J connectivity index is 2.68. The fourth-order valence-electron chi connectivity index (χ4n) is 1.50. The first-order valence-electron chi connectivity index (χ1n) is 4.38. The van der Waals surface area contributed by atoms with E-state index in [1.54, 1.807) is 15.0 Å². The lowest BCUT2D eigenvalue weighted by atomic mass is 9.93. The van der Waals surface area contributed by atoms with E-state index in [0.29, 0.717) is 6.61 Å². The average Bonchev–Trinajstić information content (AvgIpc) is 2.32. The highest BCUT2D eigenvalue weighted by atomic mass is 127. The predicted octanol–water partition coefficient (Wildman–Crippen LogP) is 0.326. The second-order valence-electron chi connectivity index (χ2n) is 3.35. The Morgan fingerprint density at radius 1 is 1.73 bits per heavy atom. The van der Waals surface area contributed by atoms with Crippen molar-refractivity contribution < 1.29 is 19.1 Å². The monoisotopic (exact) mass is 382 g/mol. The number of rotatable bonds is 4. The first-order chi connectivity index (χ1) is 6.85. The topological polar surface area (TPSA) is 47.9 Å². The molecule has 0 spiro atoms. The third kappa shape index (κ3) is 4.42. The summed E-state index contributed by atoms with van der Waals surface area (Å²) in [7, 11) is 3.38. The van der Waals surface area contributed by atoms with E-state index in [4.69, 9.17) is 25.8 Å². The van der Waals surface area contributed by atoms with E-state index in [9.17, 15) is 5.11 Å². The fraction of sp³-hybridized carbons (Fsp3) is 1.00. The Morgan fingerprint density at radius 2 is 2.33 bits per heavy atom. The van der Waals surface area contributed by atoms with Crippen LogP contribution in [0.3, 0.4) is 0 Å². The van der Waals surface area contributed by atoms with Crippen LogP contribution in [0, 0.1) is 0 Å². The number of ether oxygens (including phenoxy) is 2. The van der Waals surface area contributed by atoms with Crippen molar-refractivity contribution in [2.24, 2.45) is 0 Å². The van der Waals surface area contributed by atoms with Crippen LogP contribution >= 0.6 is 37.4 Å². The average molecular weight is 382 g/mol. The van der Waals surface area contributed by atoms with Crippen LogP contribution in [0.5, 0.6) is 0 Å². The summed E-state index contributed by atoms with van der Waals surface area (Å²) in [4.78, 5) is 0. The molecule has 0 aromatic heterocycles. The molecule has 0 amide bonds. The van der Waals surface area contributed by atoms with Crippen LogP contribution in [-0.4, -0.2) is 51.0 Å². The maximum atomic E-state index is 9.85. The molecule has 3 unspecified atom stereocenters. The first kappa shape index (κ1) is 14.7.